The van der Waals surface area contributed by atoms with Gasteiger partial charge in [0.25, 0.3) is 0 Å². The highest BCUT2D eigenvalue weighted by Crippen LogP contribution is 2.26. The molecule has 0 aliphatic heterocycles. The van der Waals surface area contributed by atoms with Crippen LogP contribution in [0.4, 0.5) is 0 Å². The van der Waals surface area contributed by atoms with Crippen molar-refractivity contribution in [1.29, 1.82) is 0 Å². The molecule has 0 aromatic carbocycles. The highest BCUT2D eigenvalue weighted by Gasteiger charge is 2.38. The van der Waals surface area contributed by atoms with E-state index in [1.165, 1.54) is 3.94 Å². The average Bonchev–Trinajstić information content (AvgIpc) is 2.06. The van der Waals surface area contributed by atoms with Crippen LogP contribution in [0.15, 0.2) is 0 Å². The van der Waals surface area contributed by atoms with E-state index in [1.54, 1.807) is 0 Å². The third-order valence-corrected chi connectivity index (χ3v) is 1.37. The number of hydrogen-bond acceptors (Lipinski definition) is 1. The van der Waals surface area contributed by atoms with Crippen LogP contribution in [0.1, 0.15) is 12.8 Å². The topological polar surface area (TPSA) is 5.90 Å². The molecule has 35 valence electrons. The molecule has 0 bridgehead atoms. The molecule has 0 spiro atoms. The predicted octanol–water partition coefficient (Wildman–Crippen LogP) is 1.60. The molecule has 0 aromatic heterocycles. The number of halogens is 2. The van der Waals surface area contributed by atoms with Crippen molar-refractivity contribution < 1.29 is 0 Å². The Bertz CT molecular complexity index is 50.8. The molecule has 0 saturated heterocycles. The average molecular weight is 126 g/mol. The van der Waals surface area contributed by atoms with Gasteiger partial charge < -0.3 is 0 Å². The molecule has 0 aromatic rings. The zero-order valence-corrected chi connectivity index (χ0v) is 4.71. The van der Waals surface area contributed by atoms with E-state index in [1.807, 2.05) is 0 Å². The van der Waals surface area contributed by atoms with Crippen LogP contribution in [-0.2, 0) is 0 Å². The number of nitrogens with zero attached hydrogens (tertiary/aromatic N) is 1. The summed E-state index contributed by atoms with van der Waals surface area (Å²) >= 11 is 10.5. The third kappa shape index (κ3) is 1.00. The highest BCUT2D eigenvalue weighted by molar-refractivity contribution is 6.37. The van der Waals surface area contributed by atoms with E-state index in [0.717, 1.165) is 12.8 Å². The molecule has 1 rings (SSSR count). The highest BCUT2D eigenvalue weighted by atomic mass is 35.5. The summed E-state index contributed by atoms with van der Waals surface area (Å²) in [6, 6.07) is 0.466. The van der Waals surface area contributed by atoms with Gasteiger partial charge in [-0.1, -0.05) is 0 Å². The molecule has 1 radical (unpaired) electrons. The molecule has 1 aliphatic carbocycles. The molecule has 6 heavy (non-hydrogen) atoms. The van der Waals surface area contributed by atoms with Crippen molar-refractivity contribution in [2.24, 2.45) is 0 Å². The van der Waals surface area contributed by atoms with Crippen molar-refractivity contribution in [1.82, 2.24) is 3.94 Å². The van der Waals surface area contributed by atoms with Gasteiger partial charge in [0.15, 0.2) is 6.04 Å². The maximum atomic E-state index is 5.27. The van der Waals surface area contributed by atoms with Gasteiger partial charge in [-0.3, -0.25) is 0 Å². The standard InChI is InChI=1S/C3H5Cl2N/c4-6(5)3-1-2-3/h3H,1-2H2/q+1. The van der Waals surface area contributed by atoms with Gasteiger partial charge in [0, 0.05) is 12.8 Å². The van der Waals surface area contributed by atoms with E-state index in [0.29, 0.717) is 6.04 Å². The second-order valence-electron chi connectivity index (χ2n) is 1.49. The molecular weight excluding hydrogens is 121 g/mol. The van der Waals surface area contributed by atoms with Crippen LogP contribution in [0.25, 0.3) is 0 Å². The quantitative estimate of drug-likeness (QED) is 0.470. The van der Waals surface area contributed by atoms with E-state index < -0.39 is 0 Å². The Balaban J connectivity index is 2.13. The first-order valence-electron chi connectivity index (χ1n) is 1.91. The van der Waals surface area contributed by atoms with Gasteiger partial charge in [-0.2, -0.15) is 0 Å². The van der Waals surface area contributed by atoms with Crippen LogP contribution in [0.3, 0.4) is 0 Å². The summed E-state index contributed by atoms with van der Waals surface area (Å²) in [5.74, 6) is 0. The Morgan fingerprint density at radius 2 is 1.83 bits per heavy atom. The van der Waals surface area contributed by atoms with Crippen molar-refractivity contribution >= 4 is 23.6 Å². The van der Waals surface area contributed by atoms with Crippen LogP contribution in [0.5, 0.6) is 0 Å². The van der Waals surface area contributed by atoms with E-state index >= 15 is 0 Å². The Hall–Kier alpha value is 0.540. The number of rotatable bonds is 1. The van der Waals surface area contributed by atoms with Crippen molar-refractivity contribution in [3.63, 3.8) is 0 Å². The van der Waals surface area contributed by atoms with Gasteiger partial charge >= 0.3 is 0 Å². The summed E-state index contributed by atoms with van der Waals surface area (Å²) in [6.45, 7) is 0. The van der Waals surface area contributed by atoms with Gasteiger partial charge in [-0.05, 0) is 0 Å². The number of hydrogen-bond donors (Lipinski definition) is 0. The van der Waals surface area contributed by atoms with Gasteiger partial charge in [0.2, 0.25) is 23.6 Å². The van der Waals surface area contributed by atoms with E-state index in [2.05, 4.69) is 0 Å². The Morgan fingerprint density at radius 3 is 1.83 bits per heavy atom. The lowest BCUT2D eigenvalue weighted by atomic mass is 10.8. The SMILES string of the molecule is Cl[N+](Cl)C1CC1. The molecule has 3 heteroatoms. The first-order valence-corrected chi connectivity index (χ1v) is 2.59. The minimum atomic E-state index is 0.466. The van der Waals surface area contributed by atoms with Crippen molar-refractivity contribution in [3.8, 4) is 0 Å². The van der Waals surface area contributed by atoms with Crippen LogP contribution >= 0.6 is 23.6 Å². The Morgan fingerprint density at radius 1 is 1.33 bits per heavy atom. The smallest absolute Gasteiger partial charge is 0.0137 e. The lowest BCUT2D eigenvalue weighted by Gasteiger charge is -1.76. The fourth-order valence-corrected chi connectivity index (χ4v) is 0.660. The largest absolute Gasteiger partial charge is 0.250 e. The van der Waals surface area contributed by atoms with E-state index in [4.69, 9.17) is 23.6 Å². The zero-order valence-electron chi connectivity index (χ0n) is 3.19. The van der Waals surface area contributed by atoms with Crippen LogP contribution < -0.4 is 3.94 Å². The maximum absolute atomic E-state index is 5.27. The molecule has 1 aliphatic rings. The first kappa shape index (κ1) is 4.69. The first-order chi connectivity index (χ1) is 2.80. The van der Waals surface area contributed by atoms with Gasteiger partial charge in [0.05, 0.1) is 3.94 Å². The van der Waals surface area contributed by atoms with Gasteiger partial charge in [-0.25, -0.2) is 0 Å². The van der Waals surface area contributed by atoms with Crippen LogP contribution in [0, 0.1) is 0 Å². The summed E-state index contributed by atoms with van der Waals surface area (Å²) in [5.41, 5.74) is 0. The van der Waals surface area contributed by atoms with Gasteiger partial charge in [0.1, 0.15) is 0 Å². The van der Waals surface area contributed by atoms with Crippen molar-refractivity contribution in [2.45, 2.75) is 18.9 Å². The van der Waals surface area contributed by atoms with Crippen molar-refractivity contribution in [2.75, 3.05) is 0 Å². The summed E-state index contributed by atoms with van der Waals surface area (Å²) in [7, 11) is 0. The third-order valence-electron chi connectivity index (χ3n) is 0.823. The lowest BCUT2D eigenvalue weighted by Crippen LogP contribution is -2.04. The molecular formula is C3H5Cl2N+. The molecule has 0 atom stereocenters. The second kappa shape index (κ2) is 1.57. The Labute approximate surface area is 47.1 Å². The molecule has 0 unspecified atom stereocenters. The van der Waals surface area contributed by atoms with Crippen LogP contribution in [-0.4, -0.2) is 6.04 Å². The fourth-order valence-electron chi connectivity index (χ4n) is 0.270. The molecule has 0 N–H and O–H groups in total. The summed E-state index contributed by atoms with van der Waals surface area (Å²) in [5, 5.41) is 0. The van der Waals surface area contributed by atoms with Crippen molar-refractivity contribution in [3.05, 3.63) is 0 Å². The lowest BCUT2D eigenvalue weighted by molar-refractivity contribution is 0.849. The molecule has 1 saturated carbocycles. The molecule has 0 amide bonds. The fraction of sp³-hybridized carbons (Fsp3) is 1.00. The van der Waals surface area contributed by atoms with E-state index in [-0.39, 0.29) is 0 Å². The predicted molar refractivity (Wildman–Crippen MR) is 26.9 cm³/mol. The Kier molecular flexibility index (Phi) is 1.22. The zero-order chi connectivity index (χ0) is 4.57. The van der Waals surface area contributed by atoms with E-state index in [9.17, 15) is 0 Å². The summed E-state index contributed by atoms with van der Waals surface area (Å²) in [6.07, 6.45) is 2.32. The molecule has 1 nitrogen and oxygen atoms in total. The van der Waals surface area contributed by atoms with Crippen LogP contribution in [0.2, 0.25) is 0 Å². The van der Waals surface area contributed by atoms with Gasteiger partial charge in [-0.15, -0.1) is 0 Å². The second-order valence-corrected chi connectivity index (χ2v) is 2.39. The minimum absolute atomic E-state index is 0.466. The summed E-state index contributed by atoms with van der Waals surface area (Å²) in [4.78, 5) is 0. The summed E-state index contributed by atoms with van der Waals surface area (Å²) < 4.78 is 1.22. The maximum Gasteiger partial charge on any atom is 0.250 e. The monoisotopic (exact) mass is 125 g/mol. The normalized spacial score (nSPS) is 22.5. The minimum Gasteiger partial charge on any atom is 0.0137 e. The molecule has 0 heterocycles. The molecule has 1 fully saturated rings.